The van der Waals surface area contributed by atoms with E-state index in [1.54, 1.807) is 0 Å². The Balaban J connectivity index is 2.30. The first-order valence-electron chi connectivity index (χ1n) is 7.74. The molecule has 2 nitrogen and oxygen atoms in total. The van der Waals surface area contributed by atoms with Crippen molar-refractivity contribution in [3.05, 3.63) is 28.2 Å². The number of nitrogens with one attached hydrogen (secondary N) is 1. The van der Waals surface area contributed by atoms with Gasteiger partial charge in [-0.25, -0.2) is 0 Å². The first-order chi connectivity index (χ1) is 9.54. The van der Waals surface area contributed by atoms with Crippen LogP contribution in [0.3, 0.4) is 0 Å². The van der Waals surface area contributed by atoms with Gasteiger partial charge in [0.2, 0.25) is 0 Å². The van der Waals surface area contributed by atoms with E-state index in [0.717, 1.165) is 10.4 Å². The minimum absolute atomic E-state index is 0.365. The molecule has 1 N–H and O–H groups in total. The summed E-state index contributed by atoms with van der Waals surface area (Å²) in [7, 11) is 4.29. The highest BCUT2D eigenvalue weighted by atomic mass is 79.9. The van der Waals surface area contributed by atoms with E-state index in [4.69, 9.17) is 0 Å². The summed E-state index contributed by atoms with van der Waals surface area (Å²) in [5.41, 5.74) is 2.75. The van der Waals surface area contributed by atoms with Crippen LogP contribution >= 0.6 is 15.9 Å². The Morgan fingerprint density at radius 2 is 2.00 bits per heavy atom. The second-order valence-electron chi connectivity index (χ2n) is 6.15. The molecule has 0 amide bonds. The molecule has 2 rings (SSSR count). The summed E-state index contributed by atoms with van der Waals surface area (Å²) < 4.78 is 1.16. The van der Waals surface area contributed by atoms with Gasteiger partial charge in [-0.05, 0) is 56.5 Å². The van der Waals surface area contributed by atoms with Gasteiger partial charge in [0, 0.05) is 29.3 Å². The van der Waals surface area contributed by atoms with E-state index in [1.807, 2.05) is 7.05 Å². The van der Waals surface area contributed by atoms with Crippen molar-refractivity contribution in [3.63, 3.8) is 0 Å². The van der Waals surface area contributed by atoms with Crippen LogP contribution in [0.25, 0.3) is 0 Å². The maximum atomic E-state index is 3.60. The number of benzene rings is 1. The molecule has 1 fully saturated rings. The molecule has 0 radical (unpaired) electrons. The van der Waals surface area contributed by atoms with E-state index in [0.29, 0.717) is 12.1 Å². The minimum Gasteiger partial charge on any atom is -0.371 e. The zero-order valence-corrected chi connectivity index (χ0v) is 14.7. The fourth-order valence-electron chi connectivity index (χ4n) is 3.40. The van der Waals surface area contributed by atoms with Gasteiger partial charge in [0.1, 0.15) is 0 Å². The van der Waals surface area contributed by atoms with Gasteiger partial charge in [-0.2, -0.15) is 0 Å². The second-order valence-corrected chi connectivity index (χ2v) is 7.07. The summed E-state index contributed by atoms with van der Waals surface area (Å²) in [6, 6.07) is 7.71. The summed E-state index contributed by atoms with van der Waals surface area (Å²) in [5, 5.41) is 3.37. The van der Waals surface area contributed by atoms with Crippen molar-refractivity contribution in [2.45, 2.75) is 51.6 Å². The highest BCUT2D eigenvalue weighted by Crippen LogP contribution is 2.35. The Kier molecular flexibility index (Phi) is 5.50. The lowest BCUT2D eigenvalue weighted by Crippen LogP contribution is -2.39. The van der Waals surface area contributed by atoms with Crippen molar-refractivity contribution in [1.82, 2.24) is 5.32 Å². The highest BCUT2D eigenvalue weighted by Gasteiger charge is 2.26. The van der Waals surface area contributed by atoms with Gasteiger partial charge < -0.3 is 10.2 Å². The Labute approximate surface area is 132 Å². The third-order valence-corrected chi connectivity index (χ3v) is 5.33. The summed E-state index contributed by atoms with van der Waals surface area (Å²) >= 11 is 3.60. The zero-order chi connectivity index (χ0) is 14.7. The summed E-state index contributed by atoms with van der Waals surface area (Å²) in [6.07, 6.45) is 5.45. The van der Waals surface area contributed by atoms with Crippen LogP contribution < -0.4 is 10.2 Å². The third-order valence-electron chi connectivity index (χ3n) is 4.83. The molecule has 0 spiro atoms. The second kappa shape index (κ2) is 6.95. The predicted molar refractivity (Wildman–Crippen MR) is 91.4 cm³/mol. The Morgan fingerprint density at radius 1 is 1.30 bits per heavy atom. The zero-order valence-electron chi connectivity index (χ0n) is 13.1. The van der Waals surface area contributed by atoms with Gasteiger partial charge in [-0.3, -0.25) is 0 Å². The van der Waals surface area contributed by atoms with Crippen LogP contribution in [-0.4, -0.2) is 20.1 Å². The topological polar surface area (TPSA) is 15.3 Å². The standard InChI is InChI=1S/C17H27BrN2/c1-12-7-5-6-8-16(12)20(4)17-10-9-14(18)11-15(17)13(2)19-3/h9-13,16,19H,5-8H2,1-4H3. The average molecular weight is 339 g/mol. The number of anilines is 1. The first-order valence-corrected chi connectivity index (χ1v) is 8.53. The number of rotatable bonds is 4. The number of halogens is 1. The van der Waals surface area contributed by atoms with Crippen LogP contribution in [0.15, 0.2) is 22.7 Å². The Hall–Kier alpha value is -0.540. The quantitative estimate of drug-likeness (QED) is 0.852. The average Bonchev–Trinajstić information content (AvgIpc) is 2.46. The normalized spacial score (nSPS) is 24.4. The van der Waals surface area contributed by atoms with Gasteiger partial charge in [0.05, 0.1) is 0 Å². The van der Waals surface area contributed by atoms with Crippen molar-refractivity contribution in [3.8, 4) is 0 Å². The Bertz CT molecular complexity index is 447. The van der Waals surface area contributed by atoms with Crippen molar-refractivity contribution >= 4 is 21.6 Å². The third kappa shape index (κ3) is 3.37. The molecule has 3 heteroatoms. The van der Waals surface area contributed by atoms with Gasteiger partial charge in [0.15, 0.2) is 0 Å². The summed E-state index contributed by atoms with van der Waals surface area (Å²) in [6.45, 7) is 4.63. The van der Waals surface area contributed by atoms with Gasteiger partial charge in [-0.15, -0.1) is 0 Å². The smallest absolute Gasteiger partial charge is 0.0415 e. The number of hydrogen-bond donors (Lipinski definition) is 1. The van der Waals surface area contributed by atoms with Crippen molar-refractivity contribution in [2.24, 2.45) is 5.92 Å². The maximum Gasteiger partial charge on any atom is 0.0415 e. The van der Waals surface area contributed by atoms with Crippen molar-refractivity contribution in [1.29, 1.82) is 0 Å². The molecule has 1 saturated carbocycles. The van der Waals surface area contributed by atoms with Crippen LogP contribution in [0.5, 0.6) is 0 Å². The van der Waals surface area contributed by atoms with Gasteiger partial charge in [-0.1, -0.05) is 35.7 Å². The van der Waals surface area contributed by atoms with Crippen molar-refractivity contribution in [2.75, 3.05) is 19.0 Å². The van der Waals surface area contributed by atoms with Crippen LogP contribution in [0.1, 0.15) is 51.1 Å². The molecule has 0 aromatic heterocycles. The van der Waals surface area contributed by atoms with E-state index in [9.17, 15) is 0 Å². The van der Waals surface area contributed by atoms with E-state index in [1.165, 1.54) is 36.9 Å². The van der Waals surface area contributed by atoms with Gasteiger partial charge >= 0.3 is 0 Å². The largest absolute Gasteiger partial charge is 0.371 e. The van der Waals surface area contributed by atoms with Crippen LogP contribution in [0.2, 0.25) is 0 Å². The molecule has 0 aliphatic heterocycles. The first kappa shape index (κ1) is 15.8. The molecule has 0 heterocycles. The molecule has 1 aliphatic rings. The lowest BCUT2D eigenvalue weighted by Gasteiger charge is -2.39. The fourth-order valence-corrected chi connectivity index (χ4v) is 3.78. The SMILES string of the molecule is CNC(C)c1cc(Br)ccc1N(C)C1CCCCC1C. The molecular weight excluding hydrogens is 312 g/mol. The van der Waals surface area contributed by atoms with Crippen molar-refractivity contribution < 1.29 is 0 Å². The van der Waals surface area contributed by atoms with E-state index >= 15 is 0 Å². The molecule has 1 aromatic rings. The van der Waals surface area contributed by atoms with Gasteiger partial charge in [0.25, 0.3) is 0 Å². The van der Waals surface area contributed by atoms with Crippen LogP contribution in [0, 0.1) is 5.92 Å². The van der Waals surface area contributed by atoms with E-state index in [-0.39, 0.29) is 0 Å². The lowest BCUT2D eigenvalue weighted by molar-refractivity contribution is 0.321. The lowest BCUT2D eigenvalue weighted by atomic mass is 9.84. The number of hydrogen-bond acceptors (Lipinski definition) is 2. The molecule has 20 heavy (non-hydrogen) atoms. The minimum atomic E-state index is 0.365. The Morgan fingerprint density at radius 3 is 2.65 bits per heavy atom. The van der Waals surface area contributed by atoms with E-state index in [2.05, 4.69) is 65.2 Å². The molecule has 3 unspecified atom stereocenters. The predicted octanol–water partition coefficient (Wildman–Crippen LogP) is 4.74. The maximum absolute atomic E-state index is 3.60. The van der Waals surface area contributed by atoms with Crippen LogP contribution in [0.4, 0.5) is 5.69 Å². The van der Waals surface area contributed by atoms with E-state index < -0.39 is 0 Å². The summed E-state index contributed by atoms with van der Waals surface area (Å²) in [5.74, 6) is 0.787. The molecule has 1 aliphatic carbocycles. The fraction of sp³-hybridized carbons (Fsp3) is 0.647. The number of nitrogens with zero attached hydrogens (tertiary/aromatic N) is 1. The molecule has 0 saturated heterocycles. The molecular formula is C17H27BrN2. The highest BCUT2D eigenvalue weighted by molar-refractivity contribution is 9.10. The summed E-state index contributed by atoms with van der Waals surface area (Å²) in [4.78, 5) is 2.51. The van der Waals surface area contributed by atoms with Crippen LogP contribution in [-0.2, 0) is 0 Å². The molecule has 0 bridgehead atoms. The monoisotopic (exact) mass is 338 g/mol. The molecule has 112 valence electrons. The molecule has 1 aromatic carbocycles. The molecule has 3 atom stereocenters.